The molecule has 4 nitrogen and oxygen atoms in total. The molecule has 0 radical (unpaired) electrons. The Morgan fingerprint density at radius 1 is 1.24 bits per heavy atom. The third-order valence-electron chi connectivity index (χ3n) is 3.64. The Bertz CT molecular complexity index is 788. The molecule has 0 bridgehead atoms. The van der Waals surface area contributed by atoms with Crippen molar-refractivity contribution in [2.45, 2.75) is 13.3 Å². The Kier molecular flexibility index (Phi) is 3.44. The fourth-order valence-corrected chi connectivity index (χ4v) is 2.42. The zero-order chi connectivity index (χ0) is 14.8. The zero-order valence-corrected chi connectivity index (χ0v) is 12.0. The predicted molar refractivity (Wildman–Crippen MR) is 82.2 cm³/mol. The Morgan fingerprint density at radius 2 is 2.00 bits per heavy atom. The van der Waals surface area contributed by atoms with Gasteiger partial charge in [0.05, 0.1) is 12.7 Å². The molecule has 0 aliphatic heterocycles. The maximum atomic E-state index is 11.4. The Balaban J connectivity index is 2.01. The number of ether oxygens (including phenoxy) is 1. The fourth-order valence-electron chi connectivity index (χ4n) is 2.42. The summed E-state index contributed by atoms with van der Waals surface area (Å²) in [4.78, 5) is 19.1. The van der Waals surface area contributed by atoms with Crippen molar-refractivity contribution in [3.05, 3.63) is 53.9 Å². The first-order valence-corrected chi connectivity index (χ1v) is 6.87. The van der Waals surface area contributed by atoms with E-state index in [1.807, 2.05) is 24.5 Å². The highest BCUT2D eigenvalue weighted by Gasteiger charge is 2.08. The fraction of sp³-hybridized carbons (Fsp3) is 0.176. The smallest absolute Gasteiger partial charge is 0.337 e. The van der Waals surface area contributed by atoms with Gasteiger partial charge in [0.1, 0.15) is 5.65 Å². The van der Waals surface area contributed by atoms with Gasteiger partial charge in [0, 0.05) is 23.3 Å². The third kappa shape index (κ3) is 2.40. The van der Waals surface area contributed by atoms with E-state index in [4.69, 9.17) is 4.74 Å². The molecule has 0 spiro atoms. The van der Waals surface area contributed by atoms with E-state index in [1.165, 1.54) is 12.7 Å². The van der Waals surface area contributed by atoms with Crippen LogP contribution in [0.3, 0.4) is 0 Å². The monoisotopic (exact) mass is 280 g/mol. The molecule has 106 valence electrons. The Morgan fingerprint density at radius 3 is 2.67 bits per heavy atom. The average molecular weight is 280 g/mol. The number of carbonyl (C=O) groups excluding carboxylic acids is 1. The van der Waals surface area contributed by atoms with Crippen LogP contribution in [0.4, 0.5) is 0 Å². The summed E-state index contributed by atoms with van der Waals surface area (Å²) < 4.78 is 4.70. The molecule has 0 unspecified atom stereocenters. The van der Waals surface area contributed by atoms with Gasteiger partial charge in [-0.1, -0.05) is 19.1 Å². The van der Waals surface area contributed by atoms with Crippen molar-refractivity contribution in [3.8, 4) is 11.1 Å². The van der Waals surface area contributed by atoms with Gasteiger partial charge in [0.2, 0.25) is 0 Å². The summed E-state index contributed by atoms with van der Waals surface area (Å²) in [6, 6.07) is 9.48. The number of nitrogens with one attached hydrogen (secondary N) is 1. The summed E-state index contributed by atoms with van der Waals surface area (Å²) in [6.07, 6.45) is 4.81. The van der Waals surface area contributed by atoms with Crippen molar-refractivity contribution in [1.29, 1.82) is 0 Å². The quantitative estimate of drug-likeness (QED) is 0.746. The van der Waals surface area contributed by atoms with Gasteiger partial charge in [-0.05, 0) is 35.7 Å². The number of H-pyrrole nitrogens is 1. The lowest BCUT2D eigenvalue weighted by Gasteiger charge is -2.04. The number of pyridine rings is 1. The number of benzene rings is 1. The summed E-state index contributed by atoms with van der Waals surface area (Å²) >= 11 is 0. The zero-order valence-electron chi connectivity index (χ0n) is 12.0. The molecule has 2 heterocycles. The molecule has 0 atom stereocenters. The van der Waals surface area contributed by atoms with Crippen LogP contribution in [0.1, 0.15) is 22.8 Å². The molecule has 21 heavy (non-hydrogen) atoms. The summed E-state index contributed by atoms with van der Waals surface area (Å²) in [5, 5.41) is 1.15. The Labute approximate surface area is 122 Å². The summed E-state index contributed by atoms with van der Waals surface area (Å²) in [5.74, 6) is -0.325. The minimum Gasteiger partial charge on any atom is -0.465 e. The molecule has 0 saturated carbocycles. The van der Waals surface area contributed by atoms with Gasteiger partial charge >= 0.3 is 5.97 Å². The van der Waals surface area contributed by atoms with Crippen molar-refractivity contribution in [1.82, 2.24) is 9.97 Å². The number of rotatable bonds is 3. The summed E-state index contributed by atoms with van der Waals surface area (Å²) in [5.41, 5.74) is 4.77. The highest BCUT2D eigenvalue weighted by Crippen LogP contribution is 2.25. The number of aromatic amines is 1. The van der Waals surface area contributed by atoms with Crippen LogP contribution < -0.4 is 0 Å². The number of esters is 1. The van der Waals surface area contributed by atoms with E-state index in [2.05, 4.69) is 23.0 Å². The largest absolute Gasteiger partial charge is 0.465 e. The van der Waals surface area contributed by atoms with Gasteiger partial charge in [-0.25, -0.2) is 9.78 Å². The molecule has 3 rings (SSSR count). The summed E-state index contributed by atoms with van der Waals surface area (Å²) in [7, 11) is 1.38. The molecule has 0 fully saturated rings. The van der Waals surface area contributed by atoms with Crippen LogP contribution in [0.2, 0.25) is 0 Å². The molecule has 1 aromatic carbocycles. The van der Waals surface area contributed by atoms with Crippen molar-refractivity contribution in [3.63, 3.8) is 0 Å². The number of aryl methyl sites for hydroxylation is 1. The standard InChI is InChI=1S/C17H16N2O2/c1-3-11-9-18-16-15(11)8-14(10-19-16)12-4-6-13(7-5-12)17(20)21-2/h4-10H,3H2,1-2H3,(H,18,19). The number of nitrogens with zero attached hydrogens (tertiary/aromatic N) is 1. The second-order valence-corrected chi connectivity index (χ2v) is 4.86. The second-order valence-electron chi connectivity index (χ2n) is 4.86. The topological polar surface area (TPSA) is 55.0 Å². The van der Waals surface area contributed by atoms with E-state index in [9.17, 15) is 4.79 Å². The minimum absolute atomic E-state index is 0.325. The molecule has 3 aromatic rings. The molecule has 4 heteroatoms. The van der Waals surface area contributed by atoms with Crippen molar-refractivity contribution in [2.75, 3.05) is 7.11 Å². The molecule has 1 N–H and O–H groups in total. The number of hydrogen-bond donors (Lipinski definition) is 1. The van der Waals surface area contributed by atoms with Crippen LogP contribution in [0.15, 0.2) is 42.7 Å². The second kappa shape index (κ2) is 5.40. The number of methoxy groups -OCH3 is 1. The third-order valence-corrected chi connectivity index (χ3v) is 3.64. The van der Waals surface area contributed by atoms with Crippen molar-refractivity contribution >= 4 is 17.0 Å². The highest BCUT2D eigenvalue weighted by atomic mass is 16.5. The van der Waals surface area contributed by atoms with E-state index in [0.29, 0.717) is 5.56 Å². The lowest BCUT2D eigenvalue weighted by Crippen LogP contribution is -2.00. The van der Waals surface area contributed by atoms with Crippen LogP contribution in [0, 0.1) is 0 Å². The van der Waals surface area contributed by atoms with E-state index >= 15 is 0 Å². The molecular weight excluding hydrogens is 264 g/mol. The molecule has 0 saturated heterocycles. The molecular formula is C17H16N2O2. The van der Waals surface area contributed by atoms with Gasteiger partial charge in [0.15, 0.2) is 0 Å². The first-order chi connectivity index (χ1) is 10.2. The minimum atomic E-state index is -0.325. The predicted octanol–water partition coefficient (Wildman–Crippen LogP) is 3.58. The first kappa shape index (κ1) is 13.4. The lowest BCUT2D eigenvalue weighted by atomic mass is 10.0. The van der Waals surface area contributed by atoms with Gasteiger partial charge in [0.25, 0.3) is 0 Å². The van der Waals surface area contributed by atoms with Crippen LogP contribution in [0.5, 0.6) is 0 Å². The van der Waals surface area contributed by atoms with E-state index < -0.39 is 0 Å². The SMILES string of the molecule is CCc1c[nH]c2ncc(-c3ccc(C(=O)OC)cc3)cc12. The van der Waals surface area contributed by atoms with Crippen LogP contribution in [-0.4, -0.2) is 23.0 Å². The van der Waals surface area contributed by atoms with Crippen LogP contribution >= 0.6 is 0 Å². The molecule has 2 aromatic heterocycles. The lowest BCUT2D eigenvalue weighted by molar-refractivity contribution is 0.0601. The van der Waals surface area contributed by atoms with Gasteiger partial charge in [-0.3, -0.25) is 0 Å². The molecule has 0 aliphatic carbocycles. The van der Waals surface area contributed by atoms with Crippen molar-refractivity contribution in [2.24, 2.45) is 0 Å². The number of fused-ring (bicyclic) bond motifs is 1. The average Bonchev–Trinajstić information content (AvgIpc) is 2.96. The maximum Gasteiger partial charge on any atom is 0.337 e. The molecule has 0 amide bonds. The number of hydrogen-bond acceptors (Lipinski definition) is 3. The number of carbonyl (C=O) groups is 1. The normalized spacial score (nSPS) is 10.8. The number of aromatic nitrogens is 2. The van der Waals surface area contributed by atoms with Gasteiger partial charge in [-0.2, -0.15) is 0 Å². The van der Waals surface area contributed by atoms with Gasteiger partial charge < -0.3 is 9.72 Å². The van der Waals surface area contributed by atoms with Gasteiger partial charge in [-0.15, -0.1) is 0 Å². The molecule has 0 aliphatic rings. The highest BCUT2D eigenvalue weighted by molar-refractivity contribution is 5.90. The van der Waals surface area contributed by atoms with Crippen LogP contribution in [0.25, 0.3) is 22.2 Å². The van der Waals surface area contributed by atoms with E-state index in [1.54, 1.807) is 12.1 Å². The Hall–Kier alpha value is -2.62. The van der Waals surface area contributed by atoms with Crippen LogP contribution in [-0.2, 0) is 11.2 Å². The van der Waals surface area contributed by atoms with E-state index in [-0.39, 0.29) is 5.97 Å². The van der Waals surface area contributed by atoms with E-state index in [0.717, 1.165) is 28.6 Å². The first-order valence-electron chi connectivity index (χ1n) is 6.87. The maximum absolute atomic E-state index is 11.4. The van der Waals surface area contributed by atoms with Crippen molar-refractivity contribution < 1.29 is 9.53 Å². The summed E-state index contributed by atoms with van der Waals surface area (Å²) in [6.45, 7) is 2.13.